The van der Waals surface area contributed by atoms with Crippen LogP contribution in [0.5, 0.6) is 0 Å². The molecule has 0 fully saturated rings. The number of nitrogens with one attached hydrogen (secondary N) is 1. The molecule has 4 N–H and O–H groups in total. The van der Waals surface area contributed by atoms with Crippen LogP contribution in [0.4, 0.5) is 0 Å². The second-order valence-electron chi connectivity index (χ2n) is 9.15. The summed E-state index contributed by atoms with van der Waals surface area (Å²) in [6.07, 6.45) is 0.367. The lowest BCUT2D eigenvalue weighted by molar-refractivity contribution is 0.0995. The number of amides is 1. The summed E-state index contributed by atoms with van der Waals surface area (Å²) >= 11 is -1.50. The summed E-state index contributed by atoms with van der Waals surface area (Å²) in [6, 6.07) is 18.9. The number of carbonyl (C=O) groups is 1. The maximum absolute atomic E-state index is 13.1. The van der Waals surface area contributed by atoms with Crippen molar-refractivity contribution >= 4 is 28.0 Å². The highest BCUT2D eigenvalue weighted by atomic mass is 32.2. The molecule has 2 atom stereocenters. The van der Waals surface area contributed by atoms with Crippen LogP contribution in [-0.4, -0.2) is 37.2 Å². The number of pyridine rings is 1. The number of hydrogen-bond acceptors (Lipinski definition) is 5. The van der Waals surface area contributed by atoms with E-state index in [0.717, 1.165) is 39.0 Å². The van der Waals surface area contributed by atoms with Gasteiger partial charge < -0.3 is 15.3 Å². The molecule has 0 bridgehead atoms. The summed E-state index contributed by atoms with van der Waals surface area (Å²) in [5.41, 5.74) is 10.5. The lowest BCUT2D eigenvalue weighted by Crippen LogP contribution is -2.37. The molecule has 1 aliphatic heterocycles. The maximum atomic E-state index is 13.1. The van der Waals surface area contributed by atoms with Crippen LogP contribution < -0.4 is 10.5 Å². The molecule has 0 saturated heterocycles. The van der Waals surface area contributed by atoms with Crippen LogP contribution in [-0.2, 0) is 17.7 Å². The highest BCUT2D eigenvalue weighted by Crippen LogP contribution is 2.43. The van der Waals surface area contributed by atoms with Gasteiger partial charge in [-0.05, 0) is 50.1 Å². The summed E-state index contributed by atoms with van der Waals surface area (Å²) < 4.78 is 24.0. The first-order valence-corrected chi connectivity index (χ1v) is 12.9. The first-order valence-electron chi connectivity index (χ1n) is 11.8. The van der Waals surface area contributed by atoms with Crippen molar-refractivity contribution in [1.29, 1.82) is 0 Å². The summed E-state index contributed by atoms with van der Waals surface area (Å²) in [5.74, 6) is 0.0857. The second kappa shape index (κ2) is 9.94. The zero-order valence-electron chi connectivity index (χ0n) is 20.1. The number of nitrogens with zero attached hydrogens (tertiary/aromatic N) is 2. The van der Waals surface area contributed by atoms with E-state index in [1.165, 1.54) is 0 Å². The van der Waals surface area contributed by atoms with Crippen molar-refractivity contribution in [3.8, 4) is 22.6 Å². The Bertz CT molecular complexity index is 1430. The van der Waals surface area contributed by atoms with Crippen LogP contribution in [0.1, 0.15) is 47.9 Å². The van der Waals surface area contributed by atoms with Gasteiger partial charge in [-0.1, -0.05) is 36.4 Å². The van der Waals surface area contributed by atoms with E-state index < -0.39 is 17.1 Å². The number of aromatic nitrogens is 1. The Balaban J connectivity index is 1.63. The second-order valence-corrected chi connectivity index (χ2v) is 10.4. The Labute approximate surface area is 211 Å². The molecule has 36 heavy (non-hydrogen) atoms. The average molecular weight is 505 g/mol. The highest BCUT2D eigenvalue weighted by molar-refractivity contribution is 7.80. The lowest BCUT2D eigenvalue weighted by Gasteiger charge is -2.25. The molecule has 8 nitrogen and oxygen atoms in total. The molecular weight excluding hydrogens is 476 g/mol. The van der Waals surface area contributed by atoms with Crippen LogP contribution in [0.2, 0.25) is 0 Å². The highest BCUT2D eigenvalue weighted by Gasteiger charge is 2.37. The van der Waals surface area contributed by atoms with Crippen LogP contribution in [0.3, 0.4) is 0 Å². The lowest BCUT2D eigenvalue weighted by atomic mass is 9.95. The van der Waals surface area contributed by atoms with Gasteiger partial charge in [-0.15, -0.1) is 0 Å². The zero-order valence-corrected chi connectivity index (χ0v) is 20.9. The average Bonchev–Trinajstić information content (AvgIpc) is 3.45. The number of primary amides is 1. The van der Waals surface area contributed by atoms with E-state index in [1.54, 1.807) is 10.4 Å². The molecule has 0 spiro atoms. The van der Waals surface area contributed by atoms with Gasteiger partial charge in [0, 0.05) is 41.3 Å². The molecule has 2 aromatic heterocycles. The maximum Gasteiger partial charge on any atom is 0.267 e. The van der Waals surface area contributed by atoms with Crippen molar-refractivity contribution in [2.75, 3.05) is 6.61 Å². The van der Waals surface area contributed by atoms with E-state index in [1.807, 2.05) is 68.4 Å². The first-order chi connectivity index (χ1) is 17.4. The standard InChI is InChI=1S/C27H28N4O4S/c1-16(2)30-36(34)31-15-20-13-21(27(28)33)29-26(25(20)22(31)10-11-32)19-8-5-7-17(12-19)24-14-18-6-3-4-9-23(18)35-24/h3-9,12-14,16,22,30,32H,10-11,15H2,1-2H3,(H2,28,33)/t22-,36?/m1/s1. The molecule has 4 aromatic rings. The molecule has 1 amide bonds. The normalized spacial score (nSPS) is 16.5. The molecule has 2 aromatic carbocycles. The van der Waals surface area contributed by atoms with E-state index in [9.17, 15) is 14.1 Å². The van der Waals surface area contributed by atoms with Gasteiger partial charge >= 0.3 is 0 Å². The summed E-state index contributed by atoms with van der Waals surface area (Å²) in [5, 5.41) is 10.9. The number of benzene rings is 2. The number of para-hydroxylation sites is 1. The molecule has 5 rings (SSSR count). The van der Waals surface area contributed by atoms with E-state index in [0.29, 0.717) is 18.7 Å². The molecule has 0 aliphatic carbocycles. The number of furan rings is 1. The van der Waals surface area contributed by atoms with Crippen molar-refractivity contribution in [3.63, 3.8) is 0 Å². The molecule has 1 aliphatic rings. The number of rotatable bonds is 8. The predicted octanol–water partition coefficient (Wildman–Crippen LogP) is 4.08. The number of aliphatic hydroxyl groups excluding tert-OH is 1. The van der Waals surface area contributed by atoms with Gasteiger partial charge in [0.2, 0.25) is 0 Å². The Morgan fingerprint density at radius 3 is 2.69 bits per heavy atom. The van der Waals surface area contributed by atoms with Gasteiger partial charge in [-0.3, -0.25) is 4.79 Å². The van der Waals surface area contributed by atoms with Gasteiger partial charge in [0.1, 0.15) is 17.0 Å². The number of carbonyl (C=O) groups excluding carboxylic acids is 1. The van der Waals surface area contributed by atoms with Crippen molar-refractivity contribution in [2.45, 2.75) is 38.9 Å². The Hall–Kier alpha value is -3.37. The largest absolute Gasteiger partial charge is 0.456 e. The fourth-order valence-electron chi connectivity index (χ4n) is 4.68. The Morgan fingerprint density at radius 2 is 1.97 bits per heavy atom. The van der Waals surface area contributed by atoms with Crippen LogP contribution in [0, 0.1) is 0 Å². The quantitative estimate of drug-likeness (QED) is 0.334. The summed E-state index contributed by atoms with van der Waals surface area (Å²) in [4.78, 5) is 16.8. The van der Waals surface area contributed by atoms with Gasteiger partial charge in [0.05, 0.1) is 11.7 Å². The van der Waals surface area contributed by atoms with Crippen LogP contribution >= 0.6 is 0 Å². The van der Waals surface area contributed by atoms with Crippen molar-refractivity contribution < 1.29 is 18.5 Å². The first kappa shape index (κ1) is 24.3. The fourth-order valence-corrected chi connectivity index (χ4v) is 5.91. The Morgan fingerprint density at radius 1 is 1.19 bits per heavy atom. The molecule has 1 unspecified atom stereocenters. The molecular formula is C27H28N4O4S. The smallest absolute Gasteiger partial charge is 0.267 e. The van der Waals surface area contributed by atoms with Gasteiger partial charge in [0.25, 0.3) is 5.91 Å². The van der Waals surface area contributed by atoms with E-state index in [-0.39, 0.29) is 24.4 Å². The van der Waals surface area contributed by atoms with E-state index in [4.69, 9.17) is 10.2 Å². The summed E-state index contributed by atoms with van der Waals surface area (Å²) in [6.45, 7) is 4.09. The van der Waals surface area contributed by atoms with E-state index in [2.05, 4.69) is 9.71 Å². The third kappa shape index (κ3) is 4.58. The van der Waals surface area contributed by atoms with Gasteiger partial charge in [-0.25, -0.2) is 13.9 Å². The van der Waals surface area contributed by atoms with Crippen molar-refractivity contribution in [3.05, 3.63) is 77.5 Å². The SMILES string of the molecule is CC(C)NS(=O)N1Cc2cc(C(N)=O)nc(-c3cccc(-c4cc5ccccc5o4)c3)c2[C@H]1CCO. The predicted molar refractivity (Wildman–Crippen MR) is 140 cm³/mol. The number of hydrogen-bond donors (Lipinski definition) is 3. The minimum Gasteiger partial charge on any atom is -0.456 e. The number of aliphatic hydroxyl groups is 1. The third-order valence-corrected chi connectivity index (χ3v) is 7.68. The van der Waals surface area contributed by atoms with Crippen molar-refractivity contribution in [2.24, 2.45) is 5.73 Å². The van der Waals surface area contributed by atoms with Gasteiger partial charge in [-0.2, -0.15) is 4.31 Å². The molecule has 9 heteroatoms. The molecule has 0 radical (unpaired) electrons. The van der Waals surface area contributed by atoms with Crippen LogP contribution in [0.25, 0.3) is 33.6 Å². The molecule has 3 heterocycles. The topological polar surface area (TPSA) is 122 Å². The minimum absolute atomic E-state index is 0.00332. The minimum atomic E-state index is -1.50. The van der Waals surface area contributed by atoms with E-state index >= 15 is 0 Å². The fraction of sp³-hybridized carbons (Fsp3) is 0.259. The summed E-state index contributed by atoms with van der Waals surface area (Å²) in [7, 11) is 0. The molecule has 0 saturated carbocycles. The molecule has 186 valence electrons. The monoisotopic (exact) mass is 504 g/mol. The van der Waals surface area contributed by atoms with Crippen LogP contribution in [0.15, 0.2) is 65.1 Å². The number of nitrogens with two attached hydrogens (primary N) is 1. The van der Waals surface area contributed by atoms with Gasteiger partial charge in [0.15, 0.2) is 11.2 Å². The zero-order chi connectivity index (χ0) is 25.4. The third-order valence-electron chi connectivity index (χ3n) is 6.20. The Kier molecular flexibility index (Phi) is 6.72. The van der Waals surface area contributed by atoms with Crippen molar-refractivity contribution in [1.82, 2.24) is 14.0 Å². The number of fused-ring (bicyclic) bond motifs is 2.